The molecule has 3 rings (SSSR count). The molecule has 1 aliphatic carbocycles. The first-order valence-corrected chi connectivity index (χ1v) is 6.08. The molecule has 1 amide bonds. The van der Waals surface area contributed by atoms with E-state index in [2.05, 4.69) is 29.6 Å². The van der Waals surface area contributed by atoms with Crippen LogP contribution in [0.1, 0.15) is 18.4 Å². The highest BCUT2D eigenvalue weighted by Crippen LogP contribution is 2.19. The Hall–Kier alpha value is -1.83. The zero-order valence-electron chi connectivity index (χ0n) is 9.65. The Labute approximate surface area is 101 Å². The van der Waals surface area contributed by atoms with Gasteiger partial charge < -0.3 is 5.32 Å². The molecule has 0 aliphatic heterocycles. The van der Waals surface area contributed by atoms with Crippen molar-refractivity contribution in [2.45, 2.75) is 25.3 Å². The number of hydrogen-bond acceptors (Lipinski definition) is 1. The van der Waals surface area contributed by atoms with Crippen LogP contribution in [-0.2, 0) is 11.2 Å². The van der Waals surface area contributed by atoms with Crippen LogP contribution < -0.4 is 5.32 Å². The van der Waals surface area contributed by atoms with Crippen molar-refractivity contribution >= 4 is 16.7 Å². The molecule has 2 aromatic rings. The Bertz CT molecular complexity index is 558. The number of carbonyl (C=O) groups excluding carboxylic acids is 1. The van der Waals surface area contributed by atoms with Gasteiger partial charge in [0.25, 0.3) is 0 Å². The Kier molecular flexibility index (Phi) is 2.56. The molecule has 0 radical (unpaired) electrons. The van der Waals surface area contributed by atoms with Gasteiger partial charge in [-0.3, -0.25) is 4.79 Å². The van der Waals surface area contributed by atoms with Gasteiger partial charge in [0.15, 0.2) is 0 Å². The summed E-state index contributed by atoms with van der Waals surface area (Å²) in [6.07, 6.45) is 2.77. The Morgan fingerprint density at radius 3 is 2.65 bits per heavy atom. The van der Waals surface area contributed by atoms with Crippen molar-refractivity contribution in [2.24, 2.45) is 0 Å². The van der Waals surface area contributed by atoms with E-state index in [0.717, 1.165) is 18.4 Å². The zero-order valence-corrected chi connectivity index (χ0v) is 9.65. The number of benzene rings is 2. The number of amides is 1. The first-order valence-electron chi connectivity index (χ1n) is 6.08. The van der Waals surface area contributed by atoms with Gasteiger partial charge in [0.2, 0.25) is 5.91 Å². The number of fused-ring (bicyclic) bond motifs is 1. The minimum atomic E-state index is 0.141. The normalized spacial score (nSPS) is 14.8. The van der Waals surface area contributed by atoms with Crippen LogP contribution >= 0.6 is 0 Å². The number of nitrogens with one attached hydrogen (secondary N) is 1. The highest BCUT2D eigenvalue weighted by molar-refractivity contribution is 5.85. The van der Waals surface area contributed by atoms with Gasteiger partial charge in [-0.2, -0.15) is 0 Å². The van der Waals surface area contributed by atoms with Gasteiger partial charge in [0.05, 0.1) is 6.42 Å². The summed E-state index contributed by atoms with van der Waals surface area (Å²) in [7, 11) is 0. The van der Waals surface area contributed by atoms with E-state index in [1.54, 1.807) is 0 Å². The molecule has 2 heteroatoms. The van der Waals surface area contributed by atoms with Crippen LogP contribution in [0.5, 0.6) is 0 Å². The Morgan fingerprint density at radius 1 is 1.12 bits per heavy atom. The highest BCUT2D eigenvalue weighted by Gasteiger charge is 2.22. The number of rotatable bonds is 3. The molecule has 0 spiro atoms. The molecule has 2 aromatic carbocycles. The van der Waals surface area contributed by atoms with Crippen LogP contribution in [0.2, 0.25) is 0 Å². The topological polar surface area (TPSA) is 29.1 Å². The SMILES string of the molecule is O=C(Cc1ccc2ccccc2c1)NC1CC1. The van der Waals surface area contributed by atoms with E-state index in [9.17, 15) is 4.79 Å². The Morgan fingerprint density at radius 2 is 1.88 bits per heavy atom. The van der Waals surface area contributed by atoms with Gasteiger partial charge in [0.1, 0.15) is 0 Å². The van der Waals surface area contributed by atoms with E-state index < -0.39 is 0 Å². The summed E-state index contributed by atoms with van der Waals surface area (Å²) in [5.41, 5.74) is 1.09. The molecule has 1 fully saturated rings. The fraction of sp³-hybridized carbons (Fsp3) is 0.267. The van der Waals surface area contributed by atoms with Crippen molar-refractivity contribution in [2.75, 3.05) is 0 Å². The second-order valence-electron chi connectivity index (χ2n) is 4.70. The van der Waals surface area contributed by atoms with E-state index >= 15 is 0 Å². The molecule has 17 heavy (non-hydrogen) atoms. The third-order valence-electron chi connectivity index (χ3n) is 3.12. The summed E-state index contributed by atoms with van der Waals surface area (Å²) < 4.78 is 0. The standard InChI is InChI=1S/C15H15NO/c17-15(16-14-7-8-14)10-11-5-6-12-3-1-2-4-13(12)9-11/h1-6,9,14H,7-8,10H2,(H,16,17). The number of carbonyl (C=O) groups is 1. The van der Waals surface area contributed by atoms with Crippen LogP contribution in [0.4, 0.5) is 0 Å². The average Bonchev–Trinajstić information content (AvgIpc) is 3.12. The van der Waals surface area contributed by atoms with Crippen molar-refractivity contribution in [3.63, 3.8) is 0 Å². The molecule has 0 unspecified atom stereocenters. The van der Waals surface area contributed by atoms with E-state index in [1.807, 2.05) is 18.2 Å². The minimum Gasteiger partial charge on any atom is -0.353 e. The maximum absolute atomic E-state index is 11.7. The highest BCUT2D eigenvalue weighted by atomic mass is 16.1. The largest absolute Gasteiger partial charge is 0.353 e. The first kappa shape index (κ1) is 10.3. The van der Waals surface area contributed by atoms with Crippen LogP contribution in [-0.4, -0.2) is 11.9 Å². The van der Waals surface area contributed by atoms with E-state index in [-0.39, 0.29) is 5.91 Å². The average molecular weight is 225 g/mol. The molecule has 1 N–H and O–H groups in total. The molecular weight excluding hydrogens is 210 g/mol. The second kappa shape index (κ2) is 4.21. The molecule has 1 aliphatic rings. The van der Waals surface area contributed by atoms with Crippen molar-refractivity contribution in [1.29, 1.82) is 0 Å². The maximum atomic E-state index is 11.7. The number of hydrogen-bond donors (Lipinski definition) is 1. The van der Waals surface area contributed by atoms with Crippen LogP contribution in [0, 0.1) is 0 Å². The van der Waals surface area contributed by atoms with Gasteiger partial charge in [0, 0.05) is 6.04 Å². The quantitative estimate of drug-likeness (QED) is 0.855. The van der Waals surface area contributed by atoms with Crippen molar-refractivity contribution in [1.82, 2.24) is 5.32 Å². The third-order valence-corrected chi connectivity index (χ3v) is 3.12. The minimum absolute atomic E-state index is 0.141. The van der Waals surface area contributed by atoms with Gasteiger partial charge in [-0.15, -0.1) is 0 Å². The molecular formula is C15H15NO. The molecule has 0 atom stereocenters. The van der Waals surface area contributed by atoms with Crippen LogP contribution in [0.15, 0.2) is 42.5 Å². The molecule has 2 nitrogen and oxygen atoms in total. The monoisotopic (exact) mass is 225 g/mol. The lowest BCUT2D eigenvalue weighted by Crippen LogP contribution is -2.26. The lowest BCUT2D eigenvalue weighted by molar-refractivity contribution is -0.120. The summed E-state index contributed by atoms with van der Waals surface area (Å²) in [6.45, 7) is 0. The zero-order chi connectivity index (χ0) is 11.7. The van der Waals surface area contributed by atoms with Crippen LogP contribution in [0.3, 0.4) is 0 Å². The van der Waals surface area contributed by atoms with E-state index in [0.29, 0.717) is 12.5 Å². The summed E-state index contributed by atoms with van der Waals surface area (Å²) in [6, 6.07) is 14.9. The lowest BCUT2D eigenvalue weighted by atomic mass is 10.0. The van der Waals surface area contributed by atoms with Gasteiger partial charge in [-0.1, -0.05) is 42.5 Å². The summed E-state index contributed by atoms with van der Waals surface area (Å²) in [5.74, 6) is 0.141. The summed E-state index contributed by atoms with van der Waals surface area (Å²) in [4.78, 5) is 11.7. The fourth-order valence-corrected chi connectivity index (χ4v) is 2.04. The predicted octanol–water partition coefficient (Wildman–Crippen LogP) is 2.66. The molecule has 86 valence electrons. The summed E-state index contributed by atoms with van der Waals surface area (Å²) >= 11 is 0. The smallest absolute Gasteiger partial charge is 0.224 e. The van der Waals surface area contributed by atoms with E-state index in [1.165, 1.54) is 10.8 Å². The molecule has 1 saturated carbocycles. The van der Waals surface area contributed by atoms with Crippen molar-refractivity contribution in [3.05, 3.63) is 48.0 Å². The molecule has 0 heterocycles. The van der Waals surface area contributed by atoms with Crippen molar-refractivity contribution < 1.29 is 4.79 Å². The second-order valence-corrected chi connectivity index (χ2v) is 4.70. The molecule has 0 bridgehead atoms. The van der Waals surface area contributed by atoms with Gasteiger partial charge in [-0.25, -0.2) is 0 Å². The predicted molar refractivity (Wildman–Crippen MR) is 68.8 cm³/mol. The third kappa shape index (κ3) is 2.47. The maximum Gasteiger partial charge on any atom is 0.224 e. The van der Waals surface area contributed by atoms with Crippen molar-refractivity contribution in [3.8, 4) is 0 Å². The molecule has 0 saturated heterocycles. The molecule has 0 aromatic heterocycles. The first-order chi connectivity index (χ1) is 8.31. The Balaban J connectivity index is 1.77. The van der Waals surface area contributed by atoms with Gasteiger partial charge in [-0.05, 0) is 29.2 Å². The fourth-order valence-electron chi connectivity index (χ4n) is 2.04. The lowest BCUT2D eigenvalue weighted by Gasteiger charge is -2.04. The summed E-state index contributed by atoms with van der Waals surface area (Å²) in [5, 5.41) is 5.43. The van der Waals surface area contributed by atoms with Gasteiger partial charge >= 0.3 is 0 Å². The van der Waals surface area contributed by atoms with Crippen LogP contribution in [0.25, 0.3) is 10.8 Å². The van der Waals surface area contributed by atoms with E-state index in [4.69, 9.17) is 0 Å².